The van der Waals surface area contributed by atoms with Crippen molar-refractivity contribution >= 4 is 5.82 Å². The minimum atomic E-state index is 0.360. The summed E-state index contributed by atoms with van der Waals surface area (Å²) in [5.41, 5.74) is 6.23. The summed E-state index contributed by atoms with van der Waals surface area (Å²) in [4.78, 5) is 12.4. The highest BCUT2D eigenvalue weighted by Gasteiger charge is 2.27. The van der Waals surface area contributed by atoms with Gasteiger partial charge in [0.15, 0.2) is 11.5 Å². The van der Waals surface area contributed by atoms with Crippen LogP contribution in [0.5, 0.6) is 0 Å². The van der Waals surface area contributed by atoms with Gasteiger partial charge in [-0.15, -0.1) is 0 Å². The van der Waals surface area contributed by atoms with Crippen molar-refractivity contribution in [3.05, 3.63) is 18.2 Å². The van der Waals surface area contributed by atoms with Crippen molar-refractivity contribution in [3.63, 3.8) is 0 Å². The Bertz CT molecular complexity index is 487. The highest BCUT2D eigenvalue weighted by atomic mass is 15.2. The molecular weight excluding hydrogens is 192 g/mol. The van der Waals surface area contributed by atoms with Crippen LogP contribution >= 0.6 is 0 Å². The van der Waals surface area contributed by atoms with Gasteiger partial charge in [-0.25, -0.2) is 15.0 Å². The van der Waals surface area contributed by atoms with Gasteiger partial charge in [0.05, 0.1) is 0 Å². The minimum absolute atomic E-state index is 0.360. The number of nitrogens with one attached hydrogen (secondary N) is 1. The molecule has 0 bridgehead atoms. The SMILES string of the molecule is Nc1nccnc1-c1n[nH]c(C2CC2)n1. The second kappa shape index (κ2) is 3.01. The minimum Gasteiger partial charge on any atom is -0.382 e. The Kier molecular flexibility index (Phi) is 1.67. The van der Waals surface area contributed by atoms with Crippen molar-refractivity contribution < 1.29 is 0 Å². The van der Waals surface area contributed by atoms with E-state index in [0.29, 0.717) is 23.3 Å². The fourth-order valence-electron chi connectivity index (χ4n) is 1.44. The van der Waals surface area contributed by atoms with Crippen molar-refractivity contribution in [2.24, 2.45) is 0 Å². The number of anilines is 1. The van der Waals surface area contributed by atoms with Crippen LogP contribution in [-0.2, 0) is 0 Å². The van der Waals surface area contributed by atoms with Crippen molar-refractivity contribution in [1.82, 2.24) is 25.1 Å². The summed E-state index contributed by atoms with van der Waals surface area (Å²) in [6.07, 6.45) is 5.50. The summed E-state index contributed by atoms with van der Waals surface area (Å²) in [6, 6.07) is 0. The van der Waals surface area contributed by atoms with Crippen LogP contribution in [0.1, 0.15) is 24.6 Å². The lowest BCUT2D eigenvalue weighted by Crippen LogP contribution is -1.97. The first-order valence-corrected chi connectivity index (χ1v) is 4.84. The van der Waals surface area contributed by atoms with E-state index in [0.717, 1.165) is 5.82 Å². The highest BCUT2D eigenvalue weighted by molar-refractivity contribution is 5.62. The maximum Gasteiger partial charge on any atom is 0.203 e. The van der Waals surface area contributed by atoms with Gasteiger partial charge >= 0.3 is 0 Å². The first-order chi connectivity index (χ1) is 7.34. The van der Waals surface area contributed by atoms with E-state index in [4.69, 9.17) is 5.73 Å². The molecule has 1 aliphatic carbocycles. The lowest BCUT2D eigenvalue weighted by atomic mass is 10.4. The van der Waals surface area contributed by atoms with E-state index in [2.05, 4.69) is 25.1 Å². The smallest absolute Gasteiger partial charge is 0.203 e. The number of hydrogen-bond donors (Lipinski definition) is 2. The molecule has 1 aliphatic rings. The van der Waals surface area contributed by atoms with E-state index in [1.54, 1.807) is 12.4 Å². The van der Waals surface area contributed by atoms with Crippen LogP contribution in [0.4, 0.5) is 5.82 Å². The average Bonchev–Trinajstić information content (AvgIpc) is 2.99. The Balaban J connectivity index is 2.01. The fourth-order valence-corrected chi connectivity index (χ4v) is 1.44. The zero-order valence-electron chi connectivity index (χ0n) is 8.01. The molecule has 0 aliphatic heterocycles. The normalized spacial score (nSPS) is 15.5. The Morgan fingerprint density at radius 1 is 1.27 bits per heavy atom. The van der Waals surface area contributed by atoms with Crippen LogP contribution in [0.3, 0.4) is 0 Å². The van der Waals surface area contributed by atoms with Crippen molar-refractivity contribution in [1.29, 1.82) is 0 Å². The highest BCUT2D eigenvalue weighted by Crippen LogP contribution is 2.38. The molecule has 1 saturated carbocycles. The maximum absolute atomic E-state index is 5.69. The molecule has 6 heteroatoms. The van der Waals surface area contributed by atoms with E-state index in [1.807, 2.05) is 0 Å². The number of rotatable bonds is 2. The van der Waals surface area contributed by atoms with Crippen LogP contribution in [0.2, 0.25) is 0 Å². The van der Waals surface area contributed by atoms with Crippen molar-refractivity contribution in [2.45, 2.75) is 18.8 Å². The van der Waals surface area contributed by atoms with Gasteiger partial charge < -0.3 is 5.73 Å². The van der Waals surface area contributed by atoms with Gasteiger partial charge in [0, 0.05) is 18.3 Å². The lowest BCUT2D eigenvalue weighted by molar-refractivity contribution is 0.935. The average molecular weight is 202 g/mol. The number of aromatic amines is 1. The molecule has 0 amide bonds. The van der Waals surface area contributed by atoms with E-state index in [-0.39, 0.29) is 0 Å². The van der Waals surface area contributed by atoms with E-state index in [1.165, 1.54) is 12.8 Å². The molecule has 0 aromatic carbocycles. The van der Waals surface area contributed by atoms with Gasteiger partial charge in [-0.1, -0.05) is 0 Å². The molecular formula is C9H10N6. The first kappa shape index (κ1) is 8.34. The molecule has 2 heterocycles. The van der Waals surface area contributed by atoms with Crippen LogP contribution in [0.25, 0.3) is 11.5 Å². The standard InChI is InChI=1S/C9H10N6/c10-7-6(11-3-4-12-7)9-13-8(14-15-9)5-1-2-5/h3-5H,1-2H2,(H2,10,12)(H,13,14,15). The van der Waals surface area contributed by atoms with E-state index < -0.39 is 0 Å². The molecule has 6 nitrogen and oxygen atoms in total. The molecule has 0 spiro atoms. The molecule has 3 N–H and O–H groups in total. The third kappa shape index (κ3) is 1.43. The summed E-state index contributed by atoms with van der Waals surface area (Å²) in [5, 5.41) is 7.00. The number of nitrogens with two attached hydrogens (primary N) is 1. The van der Waals surface area contributed by atoms with Crippen LogP contribution in [0.15, 0.2) is 12.4 Å². The Hall–Kier alpha value is -1.98. The van der Waals surface area contributed by atoms with Gasteiger partial charge in [0.25, 0.3) is 0 Å². The summed E-state index contributed by atoms with van der Waals surface area (Å²) < 4.78 is 0. The Morgan fingerprint density at radius 3 is 2.80 bits per heavy atom. The zero-order valence-corrected chi connectivity index (χ0v) is 8.01. The second-order valence-electron chi connectivity index (χ2n) is 3.61. The van der Waals surface area contributed by atoms with Crippen LogP contribution in [0, 0.1) is 0 Å². The predicted molar refractivity (Wildman–Crippen MR) is 53.8 cm³/mol. The summed E-state index contributed by atoms with van der Waals surface area (Å²) in [6.45, 7) is 0. The number of hydrogen-bond acceptors (Lipinski definition) is 5. The summed E-state index contributed by atoms with van der Waals surface area (Å²) in [7, 11) is 0. The summed E-state index contributed by atoms with van der Waals surface area (Å²) >= 11 is 0. The number of H-pyrrole nitrogens is 1. The van der Waals surface area contributed by atoms with E-state index >= 15 is 0 Å². The molecule has 3 rings (SSSR count). The first-order valence-electron chi connectivity index (χ1n) is 4.84. The third-order valence-corrected chi connectivity index (χ3v) is 2.41. The maximum atomic E-state index is 5.69. The molecule has 0 unspecified atom stereocenters. The molecule has 76 valence electrons. The van der Waals surface area contributed by atoms with Crippen molar-refractivity contribution in [2.75, 3.05) is 5.73 Å². The topological polar surface area (TPSA) is 93.4 Å². The Labute approximate surface area is 86.0 Å². The zero-order chi connectivity index (χ0) is 10.3. The lowest BCUT2D eigenvalue weighted by Gasteiger charge is -1.96. The van der Waals surface area contributed by atoms with E-state index in [9.17, 15) is 0 Å². The second-order valence-corrected chi connectivity index (χ2v) is 3.61. The Morgan fingerprint density at radius 2 is 2.07 bits per heavy atom. The molecule has 0 radical (unpaired) electrons. The molecule has 15 heavy (non-hydrogen) atoms. The largest absolute Gasteiger partial charge is 0.382 e. The predicted octanol–water partition coefficient (Wildman–Crippen LogP) is 0.721. The number of nitrogens with zero attached hydrogens (tertiary/aromatic N) is 4. The van der Waals surface area contributed by atoms with Crippen LogP contribution in [-0.4, -0.2) is 25.1 Å². The van der Waals surface area contributed by atoms with Gasteiger partial charge in [-0.2, -0.15) is 5.10 Å². The van der Waals surface area contributed by atoms with Gasteiger partial charge in [-0.05, 0) is 12.8 Å². The van der Waals surface area contributed by atoms with Gasteiger partial charge in [0.2, 0.25) is 5.82 Å². The monoisotopic (exact) mass is 202 g/mol. The number of aromatic nitrogens is 5. The van der Waals surface area contributed by atoms with Gasteiger partial charge in [0.1, 0.15) is 5.82 Å². The molecule has 0 saturated heterocycles. The molecule has 2 aromatic heterocycles. The fraction of sp³-hybridized carbons (Fsp3) is 0.333. The quantitative estimate of drug-likeness (QED) is 0.748. The molecule has 0 atom stereocenters. The molecule has 1 fully saturated rings. The van der Waals surface area contributed by atoms with Crippen molar-refractivity contribution in [3.8, 4) is 11.5 Å². The number of nitrogen functional groups attached to an aromatic ring is 1. The third-order valence-electron chi connectivity index (χ3n) is 2.41. The summed E-state index contributed by atoms with van der Waals surface area (Å²) in [5.74, 6) is 2.36. The van der Waals surface area contributed by atoms with Crippen LogP contribution < -0.4 is 5.73 Å². The van der Waals surface area contributed by atoms with Gasteiger partial charge in [-0.3, -0.25) is 5.10 Å². The molecule has 2 aromatic rings.